The minimum atomic E-state index is 0.573. The van der Waals surface area contributed by atoms with Crippen LogP contribution in [0.15, 0.2) is 35.1 Å². The predicted octanol–water partition coefficient (Wildman–Crippen LogP) is 2.40. The summed E-state index contributed by atoms with van der Waals surface area (Å²) in [6.45, 7) is 2.63. The Hall–Kier alpha value is -1.13. The maximum atomic E-state index is 5.58. The van der Waals surface area contributed by atoms with Crippen molar-refractivity contribution in [2.45, 2.75) is 13.5 Å². The number of halogens is 1. The highest BCUT2D eigenvalue weighted by molar-refractivity contribution is 9.10. The summed E-state index contributed by atoms with van der Waals surface area (Å²) in [5.74, 6) is 0. The first-order valence-electron chi connectivity index (χ1n) is 4.71. The molecule has 0 radical (unpaired) electrons. The van der Waals surface area contributed by atoms with Crippen LogP contribution in [-0.4, -0.2) is 9.78 Å². The molecule has 0 saturated carbocycles. The van der Waals surface area contributed by atoms with Gasteiger partial charge < -0.3 is 5.73 Å². The average Bonchev–Trinajstić information content (AvgIpc) is 2.64. The van der Waals surface area contributed by atoms with Crippen LogP contribution in [0.3, 0.4) is 0 Å². The van der Waals surface area contributed by atoms with Crippen LogP contribution in [0.25, 0.3) is 5.69 Å². The van der Waals surface area contributed by atoms with E-state index in [1.807, 2.05) is 23.0 Å². The summed E-state index contributed by atoms with van der Waals surface area (Å²) in [6, 6.07) is 6.15. The minimum Gasteiger partial charge on any atom is -0.326 e. The van der Waals surface area contributed by atoms with Gasteiger partial charge in [0.15, 0.2) is 0 Å². The average molecular weight is 266 g/mol. The molecule has 1 aromatic carbocycles. The third-order valence-corrected chi connectivity index (χ3v) is 2.70. The van der Waals surface area contributed by atoms with E-state index in [1.165, 1.54) is 5.56 Å². The van der Waals surface area contributed by atoms with Crippen molar-refractivity contribution in [1.82, 2.24) is 9.78 Å². The summed E-state index contributed by atoms with van der Waals surface area (Å²) in [7, 11) is 0. The lowest BCUT2D eigenvalue weighted by molar-refractivity contribution is 0.870. The molecule has 1 aromatic heterocycles. The summed E-state index contributed by atoms with van der Waals surface area (Å²) in [4.78, 5) is 0. The van der Waals surface area contributed by atoms with Crippen molar-refractivity contribution in [3.05, 3.63) is 46.2 Å². The fraction of sp³-hybridized carbons (Fsp3) is 0.182. The number of hydrogen-bond donors (Lipinski definition) is 1. The van der Waals surface area contributed by atoms with E-state index < -0.39 is 0 Å². The van der Waals surface area contributed by atoms with Gasteiger partial charge in [-0.25, -0.2) is 4.68 Å². The van der Waals surface area contributed by atoms with Gasteiger partial charge in [-0.15, -0.1) is 0 Å². The normalized spacial score (nSPS) is 10.6. The number of hydrogen-bond acceptors (Lipinski definition) is 2. The smallest absolute Gasteiger partial charge is 0.0675 e. The molecule has 0 aliphatic rings. The van der Waals surface area contributed by atoms with Crippen LogP contribution in [0.5, 0.6) is 0 Å². The molecule has 3 nitrogen and oxygen atoms in total. The number of rotatable bonds is 2. The molecule has 0 aliphatic heterocycles. The van der Waals surface area contributed by atoms with E-state index in [1.54, 1.807) is 6.20 Å². The standard InChI is InChI=1S/C11H12BrN3/c1-8-4-9(5-13)2-3-11(8)15-7-10(12)6-14-15/h2-4,6-7H,5,13H2,1H3. The van der Waals surface area contributed by atoms with Crippen LogP contribution in [0.4, 0.5) is 0 Å². The fourth-order valence-corrected chi connectivity index (χ4v) is 1.82. The second-order valence-electron chi connectivity index (χ2n) is 3.43. The maximum absolute atomic E-state index is 5.58. The molecule has 2 rings (SSSR count). The van der Waals surface area contributed by atoms with E-state index in [4.69, 9.17) is 5.73 Å². The zero-order chi connectivity index (χ0) is 10.8. The molecule has 0 spiro atoms. The molecule has 4 heteroatoms. The molecule has 0 fully saturated rings. The van der Waals surface area contributed by atoms with Crippen LogP contribution in [0.1, 0.15) is 11.1 Å². The molecule has 1 heterocycles. The Balaban J connectivity index is 2.45. The lowest BCUT2D eigenvalue weighted by Crippen LogP contribution is -2.01. The van der Waals surface area contributed by atoms with E-state index in [0.717, 1.165) is 15.7 Å². The van der Waals surface area contributed by atoms with Gasteiger partial charge in [-0.1, -0.05) is 12.1 Å². The van der Waals surface area contributed by atoms with Gasteiger partial charge in [0.05, 0.1) is 16.4 Å². The van der Waals surface area contributed by atoms with Gasteiger partial charge in [-0.2, -0.15) is 5.10 Å². The number of aryl methyl sites for hydroxylation is 1. The predicted molar refractivity (Wildman–Crippen MR) is 63.9 cm³/mol. The van der Waals surface area contributed by atoms with Gasteiger partial charge in [-0.05, 0) is 40.0 Å². The Labute approximate surface area is 97.0 Å². The molecule has 0 atom stereocenters. The fourth-order valence-electron chi connectivity index (χ4n) is 1.53. The number of nitrogens with zero attached hydrogens (tertiary/aromatic N) is 2. The molecule has 0 unspecified atom stereocenters. The first kappa shape index (κ1) is 10.4. The van der Waals surface area contributed by atoms with E-state index in [-0.39, 0.29) is 0 Å². The minimum absolute atomic E-state index is 0.573. The van der Waals surface area contributed by atoms with E-state index in [0.29, 0.717) is 6.54 Å². The quantitative estimate of drug-likeness (QED) is 0.907. The van der Waals surface area contributed by atoms with Gasteiger partial charge in [-0.3, -0.25) is 0 Å². The van der Waals surface area contributed by atoms with Gasteiger partial charge in [0, 0.05) is 12.7 Å². The summed E-state index contributed by atoms with van der Waals surface area (Å²) in [6.07, 6.45) is 3.71. The van der Waals surface area contributed by atoms with Crippen LogP contribution >= 0.6 is 15.9 Å². The molecular weight excluding hydrogens is 254 g/mol. The zero-order valence-corrected chi connectivity index (χ0v) is 10.0. The largest absolute Gasteiger partial charge is 0.326 e. The van der Waals surface area contributed by atoms with Gasteiger partial charge in [0.2, 0.25) is 0 Å². The Morgan fingerprint density at radius 1 is 1.47 bits per heavy atom. The molecule has 15 heavy (non-hydrogen) atoms. The van der Waals surface area contributed by atoms with Crippen LogP contribution in [-0.2, 0) is 6.54 Å². The van der Waals surface area contributed by atoms with Gasteiger partial charge in [0.1, 0.15) is 0 Å². The highest BCUT2D eigenvalue weighted by Gasteiger charge is 2.03. The van der Waals surface area contributed by atoms with E-state index in [2.05, 4.69) is 34.0 Å². The van der Waals surface area contributed by atoms with E-state index in [9.17, 15) is 0 Å². The zero-order valence-electron chi connectivity index (χ0n) is 8.44. The second kappa shape index (κ2) is 4.16. The van der Waals surface area contributed by atoms with Crippen molar-refractivity contribution in [2.24, 2.45) is 5.73 Å². The molecule has 0 saturated heterocycles. The Morgan fingerprint density at radius 2 is 2.27 bits per heavy atom. The third kappa shape index (κ3) is 2.11. The SMILES string of the molecule is Cc1cc(CN)ccc1-n1cc(Br)cn1. The molecule has 2 N–H and O–H groups in total. The number of benzene rings is 1. The monoisotopic (exact) mass is 265 g/mol. The third-order valence-electron chi connectivity index (χ3n) is 2.29. The lowest BCUT2D eigenvalue weighted by Gasteiger charge is -2.07. The van der Waals surface area contributed by atoms with Crippen LogP contribution in [0, 0.1) is 6.92 Å². The first-order valence-corrected chi connectivity index (χ1v) is 5.50. The van der Waals surface area contributed by atoms with Crippen LogP contribution in [0.2, 0.25) is 0 Å². The first-order chi connectivity index (χ1) is 7.20. The Morgan fingerprint density at radius 3 is 2.80 bits per heavy atom. The van der Waals surface area contributed by atoms with Crippen molar-refractivity contribution >= 4 is 15.9 Å². The van der Waals surface area contributed by atoms with Crippen molar-refractivity contribution in [1.29, 1.82) is 0 Å². The summed E-state index contributed by atoms with van der Waals surface area (Å²) >= 11 is 3.38. The summed E-state index contributed by atoms with van der Waals surface area (Å²) in [5.41, 5.74) is 8.98. The Kier molecular flexibility index (Phi) is 2.88. The van der Waals surface area contributed by atoms with Crippen molar-refractivity contribution in [2.75, 3.05) is 0 Å². The van der Waals surface area contributed by atoms with Crippen molar-refractivity contribution in [3.63, 3.8) is 0 Å². The number of aromatic nitrogens is 2. The molecular formula is C11H12BrN3. The van der Waals surface area contributed by atoms with Crippen LogP contribution < -0.4 is 5.73 Å². The summed E-state index contributed by atoms with van der Waals surface area (Å²) < 4.78 is 2.82. The van der Waals surface area contributed by atoms with Gasteiger partial charge in [0.25, 0.3) is 0 Å². The lowest BCUT2D eigenvalue weighted by atomic mass is 10.1. The topological polar surface area (TPSA) is 43.8 Å². The molecule has 2 aromatic rings. The summed E-state index contributed by atoms with van der Waals surface area (Å²) in [5, 5.41) is 4.24. The molecule has 0 bridgehead atoms. The Bertz CT molecular complexity index is 476. The maximum Gasteiger partial charge on any atom is 0.0675 e. The highest BCUT2D eigenvalue weighted by atomic mass is 79.9. The van der Waals surface area contributed by atoms with Crippen molar-refractivity contribution in [3.8, 4) is 5.69 Å². The van der Waals surface area contributed by atoms with E-state index >= 15 is 0 Å². The molecule has 0 aliphatic carbocycles. The molecule has 78 valence electrons. The number of nitrogens with two attached hydrogens (primary N) is 1. The molecule has 0 amide bonds. The highest BCUT2D eigenvalue weighted by Crippen LogP contribution is 2.17. The second-order valence-corrected chi connectivity index (χ2v) is 4.34. The van der Waals surface area contributed by atoms with Gasteiger partial charge >= 0.3 is 0 Å². The van der Waals surface area contributed by atoms with Crippen molar-refractivity contribution < 1.29 is 0 Å².